The largest absolute Gasteiger partial charge is 0.263 e. The molecule has 0 saturated heterocycles. The number of nitrogens with zero attached hydrogens (tertiary/aromatic N) is 1. The van der Waals surface area contributed by atoms with Crippen LogP contribution in [0.15, 0.2) is 58.4 Å². The summed E-state index contributed by atoms with van der Waals surface area (Å²) in [6.07, 6.45) is 0. The third-order valence-electron chi connectivity index (χ3n) is 3.13. The number of benzene rings is 2. The Morgan fingerprint density at radius 2 is 1.54 bits per heavy atom. The third kappa shape index (κ3) is 4.89. The summed E-state index contributed by atoms with van der Waals surface area (Å²) in [7, 11) is -3.78. The molecule has 0 unspecified atom stereocenters. The van der Waals surface area contributed by atoms with E-state index in [-0.39, 0.29) is 10.7 Å². The van der Waals surface area contributed by atoms with Gasteiger partial charge in [-0.05, 0) is 64.1 Å². The number of amidine groups is 1. The monoisotopic (exact) mass is 348 g/mol. The lowest BCUT2D eigenvalue weighted by atomic mass is 10.1. The van der Waals surface area contributed by atoms with Crippen molar-refractivity contribution < 1.29 is 12.8 Å². The average molecular weight is 348 g/mol. The molecule has 2 rings (SSSR count). The first-order chi connectivity index (χ1) is 11.1. The molecule has 1 N–H and O–H groups in total. The van der Waals surface area contributed by atoms with Crippen LogP contribution in [0, 0.1) is 12.7 Å². The fourth-order valence-electron chi connectivity index (χ4n) is 1.99. The quantitative estimate of drug-likeness (QED) is 0.680. The third-order valence-corrected chi connectivity index (χ3v) is 4.48. The van der Waals surface area contributed by atoms with E-state index in [9.17, 15) is 12.8 Å². The minimum Gasteiger partial charge on any atom is -0.263 e. The molecule has 0 radical (unpaired) electrons. The first-order valence-corrected chi connectivity index (χ1v) is 9.00. The molecular formula is C18H21FN2O2S. The summed E-state index contributed by atoms with van der Waals surface area (Å²) in [4.78, 5) is 4.59. The lowest BCUT2D eigenvalue weighted by Crippen LogP contribution is -2.33. The summed E-state index contributed by atoms with van der Waals surface area (Å²) in [5.74, 6) is -0.210. The maximum absolute atomic E-state index is 13.2. The Bertz CT molecular complexity index is 834. The molecule has 0 atom stereocenters. The van der Waals surface area contributed by atoms with Gasteiger partial charge in [0.05, 0.1) is 10.4 Å². The van der Waals surface area contributed by atoms with Crippen molar-refractivity contribution in [1.82, 2.24) is 4.72 Å². The molecule has 4 nitrogen and oxygen atoms in total. The number of halogens is 1. The molecule has 0 amide bonds. The molecule has 2 aromatic rings. The van der Waals surface area contributed by atoms with E-state index in [2.05, 4.69) is 9.71 Å². The summed E-state index contributed by atoms with van der Waals surface area (Å²) in [5.41, 5.74) is 0.970. The molecule has 0 aliphatic carbocycles. The molecule has 2 aromatic carbocycles. The molecule has 0 heterocycles. The van der Waals surface area contributed by atoms with E-state index < -0.39 is 21.4 Å². The molecule has 0 bridgehead atoms. The Morgan fingerprint density at radius 1 is 1.00 bits per heavy atom. The van der Waals surface area contributed by atoms with Crippen LogP contribution in [0.1, 0.15) is 31.9 Å². The van der Waals surface area contributed by atoms with Crippen molar-refractivity contribution in [1.29, 1.82) is 0 Å². The van der Waals surface area contributed by atoms with E-state index in [1.165, 1.54) is 36.4 Å². The van der Waals surface area contributed by atoms with Crippen LogP contribution >= 0.6 is 0 Å². The summed E-state index contributed by atoms with van der Waals surface area (Å²) >= 11 is 0. The van der Waals surface area contributed by atoms with Crippen molar-refractivity contribution in [3.63, 3.8) is 0 Å². The van der Waals surface area contributed by atoms with E-state index in [0.717, 1.165) is 5.56 Å². The van der Waals surface area contributed by atoms with E-state index in [1.807, 2.05) is 27.7 Å². The number of rotatable bonds is 3. The Labute approximate surface area is 142 Å². The summed E-state index contributed by atoms with van der Waals surface area (Å²) in [6, 6.07) is 12.1. The van der Waals surface area contributed by atoms with Crippen molar-refractivity contribution in [3.8, 4) is 0 Å². The topological polar surface area (TPSA) is 58.5 Å². The van der Waals surface area contributed by atoms with Gasteiger partial charge in [0.25, 0.3) is 10.0 Å². The SMILES string of the molecule is Cc1ccc(S(=O)(=O)NC(=NC(C)(C)C)c2ccc(F)cc2)cc1. The molecule has 0 saturated carbocycles. The van der Waals surface area contributed by atoms with Gasteiger partial charge in [-0.3, -0.25) is 9.71 Å². The molecule has 0 aliphatic rings. The zero-order valence-electron chi connectivity index (χ0n) is 14.2. The van der Waals surface area contributed by atoms with Crippen molar-refractivity contribution >= 4 is 15.9 Å². The maximum Gasteiger partial charge on any atom is 0.263 e. The standard InChI is InChI=1S/C18H21FN2O2S/c1-13-5-11-16(12-6-13)24(22,23)21-17(20-18(2,3)4)14-7-9-15(19)10-8-14/h5-12H,1-4H3,(H,20,21). The number of hydrogen-bond acceptors (Lipinski definition) is 3. The highest BCUT2D eigenvalue weighted by atomic mass is 32.2. The van der Waals surface area contributed by atoms with E-state index in [1.54, 1.807) is 12.1 Å². The van der Waals surface area contributed by atoms with Gasteiger partial charge in [0.2, 0.25) is 0 Å². The van der Waals surface area contributed by atoms with Gasteiger partial charge in [-0.15, -0.1) is 0 Å². The second-order valence-electron chi connectivity index (χ2n) is 6.56. The van der Waals surface area contributed by atoms with Crippen molar-refractivity contribution in [2.45, 2.75) is 38.1 Å². The van der Waals surface area contributed by atoms with Crippen LogP contribution in [0.25, 0.3) is 0 Å². The molecule has 0 aliphatic heterocycles. The fraction of sp³-hybridized carbons (Fsp3) is 0.278. The number of aryl methyl sites for hydroxylation is 1. The number of sulfonamides is 1. The Balaban J connectivity index is 2.43. The first kappa shape index (κ1) is 18.1. The molecule has 0 spiro atoms. The van der Waals surface area contributed by atoms with Gasteiger partial charge in [0.1, 0.15) is 11.7 Å². The highest BCUT2D eigenvalue weighted by Crippen LogP contribution is 2.15. The predicted octanol–water partition coefficient (Wildman–Crippen LogP) is 3.66. The minimum atomic E-state index is -3.78. The van der Waals surface area contributed by atoms with E-state index in [4.69, 9.17) is 0 Å². The Morgan fingerprint density at radius 3 is 2.04 bits per heavy atom. The number of nitrogens with one attached hydrogen (secondary N) is 1. The van der Waals surface area contributed by atoms with Crippen LogP contribution in [-0.4, -0.2) is 19.8 Å². The number of hydrogen-bond donors (Lipinski definition) is 1. The molecule has 0 fully saturated rings. The van der Waals surface area contributed by atoms with Gasteiger partial charge in [0, 0.05) is 5.56 Å². The van der Waals surface area contributed by atoms with Gasteiger partial charge in [0.15, 0.2) is 0 Å². The van der Waals surface area contributed by atoms with Gasteiger partial charge in [-0.1, -0.05) is 17.7 Å². The van der Waals surface area contributed by atoms with Crippen LogP contribution in [0.2, 0.25) is 0 Å². The van der Waals surface area contributed by atoms with Crippen molar-refractivity contribution in [3.05, 3.63) is 65.5 Å². The molecule has 128 valence electrons. The van der Waals surface area contributed by atoms with Gasteiger partial charge in [-0.2, -0.15) is 0 Å². The van der Waals surface area contributed by atoms with Crippen LogP contribution in [0.4, 0.5) is 4.39 Å². The molecule has 0 aromatic heterocycles. The van der Waals surface area contributed by atoms with E-state index in [0.29, 0.717) is 5.56 Å². The van der Waals surface area contributed by atoms with Gasteiger partial charge in [-0.25, -0.2) is 12.8 Å². The second-order valence-corrected chi connectivity index (χ2v) is 8.24. The van der Waals surface area contributed by atoms with E-state index >= 15 is 0 Å². The summed E-state index contributed by atoms with van der Waals surface area (Å²) < 4.78 is 40.9. The molecule has 24 heavy (non-hydrogen) atoms. The highest BCUT2D eigenvalue weighted by molar-refractivity contribution is 7.90. The van der Waals surface area contributed by atoms with Crippen molar-refractivity contribution in [2.75, 3.05) is 0 Å². The second kappa shape index (κ2) is 6.73. The van der Waals surface area contributed by atoms with Crippen LogP contribution in [0.3, 0.4) is 0 Å². The van der Waals surface area contributed by atoms with Gasteiger partial charge >= 0.3 is 0 Å². The van der Waals surface area contributed by atoms with Crippen LogP contribution in [0.5, 0.6) is 0 Å². The van der Waals surface area contributed by atoms with Crippen molar-refractivity contribution in [2.24, 2.45) is 4.99 Å². The lowest BCUT2D eigenvalue weighted by molar-refractivity contribution is 0.578. The maximum atomic E-state index is 13.2. The smallest absolute Gasteiger partial charge is 0.263 e. The normalized spacial score (nSPS) is 13.0. The molecule has 6 heteroatoms. The molecular weight excluding hydrogens is 327 g/mol. The lowest BCUT2D eigenvalue weighted by Gasteiger charge is -2.18. The summed E-state index contributed by atoms with van der Waals surface area (Å²) in [6.45, 7) is 7.46. The highest BCUT2D eigenvalue weighted by Gasteiger charge is 2.19. The predicted molar refractivity (Wildman–Crippen MR) is 94.2 cm³/mol. The fourth-order valence-corrected chi connectivity index (χ4v) is 3.02. The number of aliphatic imine (C=N–C) groups is 1. The average Bonchev–Trinajstić information content (AvgIpc) is 2.46. The minimum absolute atomic E-state index is 0.150. The Kier molecular flexibility index (Phi) is 5.08. The first-order valence-electron chi connectivity index (χ1n) is 7.52. The zero-order chi connectivity index (χ0) is 18.0. The van der Waals surface area contributed by atoms with Crippen LogP contribution in [-0.2, 0) is 10.0 Å². The summed E-state index contributed by atoms with van der Waals surface area (Å²) in [5, 5.41) is 0. The van der Waals surface area contributed by atoms with Crippen LogP contribution < -0.4 is 4.72 Å². The van der Waals surface area contributed by atoms with Gasteiger partial charge < -0.3 is 0 Å². The Hall–Kier alpha value is -2.21. The zero-order valence-corrected chi connectivity index (χ0v) is 15.0.